The van der Waals surface area contributed by atoms with Crippen LogP contribution in [0, 0.1) is 26.7 Å². The number of aryl methyl sites for hydroxylation is 2. The van der Waals surface area contributed by atoms with Gasteiger partial charge in [-0.25, -0.2) is 9.50 Å². The molecule has 4 aromatic rings. The van der Waals surface area contributed by atoms with E-state index in [1.165, 1.54) is 49.5 Å². The van der Waals surface area contributed by atoms with Crippen molar-refractivity contribution in [3.05, 3.63) is 39.7 Å². The van der Waals surface area contributed by atoms with Crippen LogP contribution in [-0.2, 0) is 4.79 Å². The van der Waals surface area contributed by atoms with E-state index in [2.05, 4.69) is 66.1 Å². The maximum atomic E-state index is 12.2. The van der Waals surface area contributed by atoms with E-state index < -0.39 is 0 Å². The summed E-state index contributed by atoms with van der Waals surface area (Å²) in [4.78, 5) is 25.6. The minimum Gasteiger partial charge on any atom is -0.395 e. The second-order valence-corrected chi connectivity index (χ2v) is 12.2. The third-order valence-electron chi connectivity index (χ3n) is 8.71. The third-order valence-corrected chi connectivity index (χ3v) is 10.0. The van der Waals surface area contributed by atoms with Gasteiger partial charge in [-0.2, -0.15) is 5.10 Å². The minimum absolute atomic E-state index is 0.0149. The summed E-state index contributed by atoms with van der Waals surface area (Å²) in [5.41, 5.74) is 8.53. The smallest absolute Gasteiger partial charge is 0.234 e. The summed E-state index contributed by atoms with van der Waals surface area (Å²) in [5, 5.41) is 17.6. The summed E-state index contributed by atoms with van der Waals surface area (Å²) in [6.45, 7) is 12.9. The first kappa shape index (κ1) is 24.6. The van der Waals surface area contributed by atoms with Crippen molar-refractivity contribution in [1.29, 1.82) is 0 Å². The Bertz CT molecular complexity index is 1500. The van der Waals surface area contributed by atoms with Crippen molar-refractivity contribution in [3.8, 4) is 11.3 Å². The van der Waals surface area contributed by atoms with Crippen LogP contribution in [-0.4, -0.2) is 67.8 Å². The van der Waals surface area contributed by atoms with Crippen LogP contribution in [0.15, 0.2) is 12.5 Å². The number of rotatable bonds is 7. The van der Waals surface area contributed by atoms with Gasteiger partial charge in [-0.1, -0.05) is 13.8 Å². The van der Waals surface area contributed by atoms with Crippen molar-refractivity contribution in [2.75, 3.05) is 26.2 Å². The molecule has 2 fully saturated rings. The molecular weight excluding hydrogens is 484 g/mol. The molecule has 2 bridgehead atoms. The third kappa shape index (κ3) is 3.90. The maximum absolute atomic E-state index is 12.2. The van der Waals surface area contributed by atoms with Crippen LogP contribution >= 0.6 is 11.3 Å². The lowest BCUT2D eigenvalue weighted by molar-refractivity contribution is -0.122. The molecule has 2 aliphatic rings. The fourth-order valence-electron chi connectivity index (χ4n) is 6.84. The fraction of sp³-hybridized carbons (Fsp3) is 0.536. The zero-order valence-electron chi connectivity index (χ0n) is 22.3. The molecule has 37 heavy (non-hydrogen) atoms. The number of carbonyl (C=O) groups is 1. The zero-order valence-corrected chi connectivity index (χ0v) is 23.1. The van der Waals surface area contributed by atoms with Crippen LogP contribution in [0.25, 0.3) is 27.1 Å². The summed E-state index contributed by atoms with van der Waals surface area (Å²) in [7, 11) is 0. The Morgan fingerprint density at radius 3 is 2.76 bits per heavy atom. The summed E-state index contributed by atoms with van der Waals surface area (Å²) in [6, 6.07) is 0.467. The monoisotopic (exact) mass is 520 g/mol. The number of hydrogen-bond acceptors (Lipinski definition) is 6. The van der Waals surface area contributed by atoms with E-state index in [0.717, 1.165) is 24.2 Å². The second kappa shape index (κ2) is 9.22. The molecule has 9 heteroatoms. The van der Waals surface area contributed by atoms with Gasteiger partial charge in [0.05, 0.1) is 18.8 Å². The van der Waals surface area contributed by atoms with Crippen LogP contribution in [0.2, 0.25) is 0 Å². The van der Waals surface area contributed by atoms with E-state index in [1.807, 2.05) is 15.9 Å². The van der Waals surface area contributed by atoms with Crippen molar-refractivity contribution in [2.24, 2.45) is 5.92 Å². The number of aliphatic hydroxyl groups is 1. The number of likely N-dealkylation sites (tertiary alicyclic amines) is 1. The number of aromatic nitrogens is 4. The molecule has 196 valence electrons. The average molecular weight is 521 g/mol. The molecule has 8 nitrogen and oxygen atoms in total. The van der Waals surface area contributed by atoms with Crippen LogP contribution in [0.3, 0.4) is 0 Å². The lowest BCUT2D eigenvalue weighted by Crippen LogP contribution is -2.42. The van der Waals surface area contributed by atoms with Gasteiger partial charge in [0.15, 0.2) is 5.65 Å². The van der Waals surface area contributed by atoms with Gasteiger partial charge >= 0.3 is 0 Å². The Kier molecular flexibility index (Phi) is 6.12. The largest absolute Gasteiger partial charge is 0.395 e. The molecule has 0 radical (unpaired) electrons. The van der Waals surface area contributed by atoms with Crippen molar-refractivity contribution >= 4 is 33.1 Å². The van der Waals surface area contributed by atoms with Gasteiger partial charge in [0.1, 0.15) is 11.2 Å². The van der Waals surface area contributed by atoms with Gasteiger partial charge in [-0.15, -0.1) is 11.3 Å². The molecule has 5 heterocycles. The Labute approximate surface area is 221 Å². The highest BCUT2D eigenvalue weighted by Crippen LogP contribution is 2.53. The quantitative estimate of drug-likeness (QED) is 0.338. The van der Waals surface area contributed by atoms with E-state index >= 15 is 0 Å². The van der Waals surface area contributed by atoms with Crippen molar-refractivity contribution in [3.63, 3.8) is 0 Å². The summed E-state index contributed by atoms with van der Waals surface area (Å²) < 4.78 is 1.89. The summed E-state index contributed by atoms with van der Waals surface area (Å²) >= 11 is 1.93. The molecule has 0 spiro atoms. The zero-order chi connectivity index (χ0) is 26.0. The molecule has 1 saturated heterocycles. The van der Waals surface area contributed by atoms with Crippen molar-refractivity contribution in [2.45, 2.75) is 65.3 Å². The molecule has 3 atom stereocenters. The maximum Gasteiger partial charge on any atom is 0.234 e. The Morgan fingerprint density at radius 1 is 1.24 bits per heavy atom. The second-order valence-electron chi connectivity index (χ2n) is 11.2. The molecule has 1 saturated carbocycles. The Morgan fingerprint density at radius 2 is 2.05 bits per heavy atom. The normalized spacial score (nSPS) is 21.8. The van der Waals surface area contributed by atoms with Crippen molar-refractivity contribution < 1.29 is 9.90 Å². The summed E-state index contributed by atoms with van der Waals surface area (Å²) in [6.07, 6.45) is 6.02. The van der Waals surface area contributed by atoms with Gasteiger partial charge in [-0.05, 0) is 73.6 Å². The van der Waals surface area contributed by atoms with Crippen molar-refractivity contribution in [1.82, 2.24) is 29.8 Å². The number of nitrogens with zero attached hydrogens (tertiary/aromatic N) is 4. The predicted molar refractivity (Wildman–Crippen MR) is 147 cm³/mol. The fourth-order valence-corrected chi connectivity index (χ4v) is 8.28. The Hall–Kier alpha value is -2.75. The number of aromatic amines is 1. The predicted octanol–water partition coefficient (Wildman–Crippen LogP) is 4.27. The molecule has 1 aliphatic carbocycles. The van der Waals surface area contributed by atoms with Crippen LogP contribution in [0.1, 0.15) is 65.7 Å². The van der Waals surface area contributed by atoms with Gasteiger partial charge in [0.2, 0.25) is 5.91 Å². The number of amides is 1. The van der Waals surface area contributed by atoms with Gasteiger partial charge in [0, 0.05) is 41.2 Å². The van der Waals surface area contributed by atoms with Crippen LogP contribution < -0.4 is 5.32 Å². The summed E-state index contributed by atoms with van der Waals surface area (Å²) in [5.74, 6) is 1.55. The number of pyridine rings is 1. The number of nitrogens with one attached hydrogen (secondary N) is 2. The number of hydrogen-bond donors (Lipinski definition) is 3. The molecule has 1 amide bonds. The highest BCUT2D eigenvalue weighted by atomic mass is 32.1. The SMILES string of the molecule is Cc1c(-c2[nH]c3sc(C4C[C@@H]5C[C@H]4CN5CC(=O)NCCO)c(C)c3c2C(C)C)cn2ncnc2c1C. The first-order valence-electron chi connectivity index (χ1n) is 13.3. The van der Waals surface area contributed by atoms with Gasteiger partial charge in [-0.3, -0.25) is 9.69 Å². The first-order chi connectivity index (χ1) is 17.8. The number of piperidine rings is 1. The number of fused-ring (bicyclic) bond motifs is 4. The standard InChI is InChI=1S/C28H36N6O2S/c1-14(2)23-24-17(5)26(20-9-19-8-18(20)10-33(19)12-22(36)29-6-7-35)37-28(24)32-25(23)21-11-34-27(30-13-31-34)16(4)15(21)3/h11,13-14,18-20,32,35H,6-10,12H2,1-5H3,(H,29,36)/t18-,19-,20?/m0/s1. The van der Waals surface area contributed by atoms with E-state index in [0.29, 0.717) is 36.9 Å². The lowest BCUT2D eigenvalue weighted by Gasteiger charge is -2.31. The first-order valence-corrected chi connectivity index (χ1v) is 14.2. The molecule has 3 N–H and O–H groups in total. The van der Waals surface area contributed by atoms with Gasteiger partial charge < -0.3 is 15.4 Å². The van der Waals surface area contributed by atoms with Crippen LogP contribution in [0.5, 0.6) is 0 Å². The lowest BCUT2D eigenvalue weighted by atomic mass is 9.88. The molecule has 4 aromatic heterocycles. The highest BCUT2D eigenvalue weighted by molar-refractivity contribution is 7.19. The molecular formula is C28H36N6O2S. The minimum atomic E-state index is -0.0149. The number of aliphatic hydroxyl groups excluding tert-OH is 1. The average Bonchev–Trinajstić information content (AvgIpc) is 3.67. The highest BCUT2D eigenvalue weighted by Gasteiger charge is 2.46. The van der Waals surface area contributed by atoms with E-state index in [1.54, 1.807) is 6.33 Å². The topological polar surface area (TPSA) is 98.5 Å². The number of thiophene rings is 1. The molecule has 1 aliphatic heterocycles. The van der Waals surface area contributed by atoms with E-state index in [4.69, 9.17) is 5.11 Å². The van der Waals surface area contributed by atoms with Gasteiger partial charge in [0.25, 0.3) is 0 Å². The molecule has 1 unspecified atom stereocenters. The van der Waals surface area contributed by atoms with E-state index in [-0.39, 0.29) is 12.5 Å². The molecule has 6 rings (SSSR count). The number of H-pyrrole nitrogens is 1. The Balaban J connectivity index is 1.33. The van der Waals surface area contributed by atoms with E-state index in [9.17, 15) is 4.79 Å². The van der Waals surface area contributed by atoms with Crippen LogP contribution in [0.4, 0.5) is 0 Å². The number of carbonyl (C=O) groups excluding carboxylic acids is 1. The molecule has 0 aromatic carbocycles.